The van der Waals surface area contributed by atoms with Crippen molar-refractivity contribution >= 4 is 11.8 Å². The normalized spacial score (nSPS) is 16.4. The highest BCUT2D eigenvalue weighted by atomic mass is 19.1. The zero-order valence-electron chi connectivity index (χ0n) is 15.9. The molecule has 1 unspecified atom stereocenters. The number of halogens is 1. The Balaban J connectivity index is 1.31. The van der Waals surface area contributed by atoms with Gasteiger partial charge in [-0.1, -0.05) is 12.1 Å². The summed E-state index contributed by atoms with van der Waals surface area (Å²) < 4.78 is 13.2. The van der Waals surface area contributed by atoms with Crippen molar-refractivity contribution in [3.8, 4) is 11.3 Å². The van der Waals surface area contributed by atoms with Crippen LogP contribution in [0.1, 0.15) is 18.4 Å². The average molecular weight is 394 g/mol. The van der Waals surface area contributed by atoms with E-state index < -0.39 is 0 Å². The van der Waals surface area contributed by atoms with Crippen molar-refractivity contribution in [2.24, 2.45) is 0 Å². The Morgan fingerprint density at radius 1 is 1.24 bits per heavy atom. The summed E-state index contributed by atoms with van der Waals surface area (Å²) in [5, 5.41) is 13.3. The van der Waals surface area contributed by atoms with Crippen LogP contribution in [0.5, 0.6) is 0 Å². The summed E-state index contributed by atoms with van der Waals surface area (Å²) in [6.07, 6.45) is 5.37. The van der Waals surface area contributed by atoms with Crippen molar-refractivity contribution < 1.29 is 9.18 Å². The molecular formula is C21H23FN6O. The number of carbonyl (C=O) groups excluding carboxylic acids is 1. The molecule has 150 valence electrons. The van der Waals surface area contributed by atoms with Crippen LogP contribution in [-0.4, -0.2) is 40.3 Å². The maximum atomic E-state index is 13.2. The number of hydrogen-bond acceptors (Lipinski definition) is 4. The van der Waals surface area contributed by atoms with Gasteiger partial charge >= 0.3 is 6.03 Å². The number of hydrogen-bond donors (Lipinski definition) is 3. The molecule has 2 aromatic heterocycles. The van der Waals surface area contributed by atoms with Gasteiger partial charge in [-0.15, -0.1) is 0 Å². The zero-order valence-corrected chi connectivity index (χ0v) is 15.9. The van der Waals surface area contributed by atoms with Crippen LogP contribution in [0.25, 0.3) is 11.3 Å². The summed E-state index contributed by atoms with van der Waals surface area (Å²) in [7, 11) is 0. The first kappa shape index (κ1) is 18.9. The van der Waals surface area contributed by atoms with Crippen LogP contribution >= 0.6 is 0 Å². The third kappa shape index (κ3) is 4.90. The van der Waals surface area contributed by atoms with Gasteiger partial charge in [0, 0.05) is 49.7 Å². The van der Waals surface area contributed by atoms with Crippen LogP contribution in [0.2, 0.25) is 0 Å². The van der Waals surface area contributed by atoms with E-state index in [4.69, 9.17) is 0 Å². The van der Waals surface area contributed by atoms with Crippen LogP contribution in [0.15, 0.2) is 54.9 Å². The van der Waals surface area contributed by atoms with Crippen LogP contribution in [-0.2, 0) is 6.54 Å². The highest BCUT2D eigenvalue weighted by Crippen LogP contribution is 2.23. The maximum Gasteiger partial charge on any atom is 0.315 e. The van der Waals surface area contributed by atoms with E-state index in [0.717, 1.165) is 42.0 Å². The minimum atomic E-state index is -0.308. The maximum absolute atomic E-state index is 13.2. The smallest absolute Gasteiger partial charge is 0.315 e. The van der Waals surface area contributed by atoms with E-state index in [0.29, 0.717) is 6.54 Å². The highest BCUT2D eigenvalue weighted by molar-refractivity contribution is 5.74. The number of anilines is 1. The fraction of sp³-hybridized carbons (Fsp3) is 0.286. The van der Waals surface area contributed by atoms with Crippen molar-refractivity contribution in [1.29, 1.82) is 0 Å². The summed E-state index contributed by atoms with van der Waals surface area (Å²) in [6, 6.07) is 11.9. The summed E-state index contributed by atoms with van der Waals surface area (Å²) >= 11 is 0. The summed E-state index contributed by atoms with van der Waals surface area (Å²) in [5.74, 6) is 0.557. The van der Waals surface area contributed by atoms with Crippen LogP contribution in [0.4, 0.5) is 15.0 Å². The van der Waals surface area contributed by atoms with Gasteiger partial charge in [-0.2, -0.15) is 5.10 Å². The Bertz CT molecular complexity index is 961. The van der Waals surface area contributed by atoms with E-state index in [-0.39, 0.29) is 24.4 Å². The standard InChI is InChI=1S/C21H23FN6O/c22-17-4-1-3-15(11-17)13-24-21(29)25-18-5-2-10-28(14-18)20-12-19(26-27-20)16-6-8-23-9-7-16/h1,3-4,6-9,11-12,18H,2,5,10,13-14H2,(H,26,27)(H2,24,25,29). The van der Waals surface area contributed by atoms with Gasteiger partial charge in [-0.25, -0.2) is 9.18 Å². The third-order valence-electron chi connectivity index (χ3n) is 4.98. The summed E-state index contributed by atoms with van der Waals surface area (Å²) in [6.45, 7) is 1.87. The number of urea groups is 1. The molecule has 0 radical (unpaired) electrons. The van der Waals surface area contributed by atoms with E-state index in [1.807, 2.05) is 18.2 Å². The second kappa shape index (κ2) is 8.72. The lowest BCUT2D eigenvalue weighted by Crippen LogP contribution is -2.50. The van der Waals surface area contributed by atoms with Gasteiger partial charge in [0.1, 0.15) is 5.82 Å². The van der Waals surface area contributed by atoms with E-state index in [2.05, 4.69) is 30.7 Å². The predicted octanol–water partition coefficient (Wildman–Crippen LogP) is 3.08. The molecular weight excluding hydrogens is 371 g/mol. The molecule has 3 aromatic rings. The molecule has 3 N–H and O–H groups in total. The first-order chi connectivity index (χ1) is 14.2. The molecule has 1 fully saturated rings. The number of H-pyrrole nitrogens is 1. The first-order valence-corrected chi connectivity index (χ1v) is 9.67. The molecule has 1 aliphatic heterocycles. The van der Waals surface area contributed by atoms with Crippen LogP contribution in [0, 0.1) is 5.82 Å². The van der Waals surface area contributed by atoms with Gasteiger partial charge in [0.05, 0.1) is 5.69 Å². The number of aromatic nitrogens is 3. The number of nitrogens with zero attached hydrogens (tertiary/aromatic N) is 3. The first-order valence-electron chi connectivity index (χ1n) is 9.67. The lowest BCUT2D eigenvalue weighted by Gasteiger charge is -2.33. The Morgan fingerprint density at radius 3 is 2.93 bits per heavy atom. The quantitative estimate of drug-likeness (QED) is 0.621. The van der Waals surface area contributed by atoms with Crippen molar-refractivity contribution in [3.63, 3.8) is 0 Å². The average Bonchev–Trinajstić information content (AvgIpc) is 3.24. The molecule has 1 aliphatic rings. The second-order valence-corrected chi connectivity index (χ2v) is 7.12. The number of carbonyl (C=O) groups is 1. The number of aromatic amines is 1. The van der Waals surface area contributed by atoms with Gasteiger partial charge in [-0.3, -0.25) is 10.1 Å². The predicted molar refractivity (Wildman–Crippen MR) is 109 cm³/mol. The largest absolute Gasteiger partial charge is 0.353 e. The molecule has 0 spiro atoms. The van der Waals surface area contributed by atoms with E-state index in [1.165, 1.54) is 12.1 Å². The van der Waals surface area contributed by atoms with Crippen LogP contribution < -0.4 is 15.5 Å². The molecule has 29 heavy (non-hydrogen) atoms. The minimum Gasteiger partial charge on any atom is -0.353 e. The topological polar surface area (TPSA) is 85.9 Å². The van der Waals surface area contributed by atoms with Crippen molar-refractivity contribution in [2.75, 3.05) is 18.0 Å². The number of rotatable bonds is 5. The Kier molecular flexibility index (Phi) is 5.69. The van der Waals surface area contributed by atoms with Gasteiger partial charge < -0.3 is 15.5 Å². The molecule has 1 aromatic carbocycles. The van der Waals surface area contributed by atoms with Gasteiger partial charge in [0.25, 0.3) is 0 Å². The van der Waals surface area contributed by atoms with Crippen LogP contribution in [0.3, 0.4) is 0 Å². The van der Waals surface area contributed by atoms with Crippen molar-refractivity contribution in [1.82, 2.24) is 25.8 Å². The molecule has 0 aliphatic carbocycles. The molecule has 2 amide bonds. The molecule has 7 nitrogen and oxygen atoms in total. The monoisotopic (exact) mass is 394 g/mol. The third-order valence-corrected chi connectivity index (χ3v) is 4.98. The van der Waals surface area contributed by atoms with Gasteiger partial charge in [0.2, 0.25) is 0 Å². The number of benzene rings is 1. The number of nitrogens with one attached hydrogen (secondary N) is 3. The Morgan fingerprint density at radius 2 is 2.10 bits per heavy atom. The van der Waals surface area contributed by atoms with Crippen molar-refractivity contribution in [2.45, 2.75) is 25.4 Å². The molecule has 3 heterocycles. The Hall–Kier alpha value is -3.42. The molecule has 0 saturated carbocycles. The molecule has 8 heteroatoms. The summed E-state index contributed by atoms with van der Waals surface area (Å²) in [4.78, 5) is 18.4. The SMILES string of the molecule is O=C(NCc1cccc(F)c1)NC1CCCN(c2cc(-c3ccncc3)[nH]n2)C1. The molecule has 0 bridgehead atoms. The van der Waals surface area contributed by atoms with Gasteiger partial charge in [0.15, 0.2) is 5.82 Å². The lowest BCUT2D eigenvalue weighted by atomic mass is 10.1. The molecule has 4 rings (SSSR count). The van der Waals surface area contributed by atoms with E-state index in [1.54, 1.807) is 24.5 Å². The lowest BCUT2D eigenvalue weighted by molar-refractivity contribution is 0.234. The molecule has 1 atom stereocenters. The second-order valence-electron chi connectivity index (χ2n) is 7.12. The number of piperidine rings is 1. The summed E-state index contributed by atoms with van der Waals surface area (Å²) in [5.41, 5.74) is 2.69. The number of amides is 2. The zero-order chi connectivity index (χ0) is 20.1. The van der Waals surface area contributed by atoms with E-state index >= 15 is 0 Å². The van der Waals surface area contributed by atoms with E-state index in [9.17, 15) is 9.18 Å². The van der Waals surface area contributed by atoms with Gasteiger partial charge in [-0.05, 0) is 42.7 Å². The highest BCUT2D eigenvalue weighted by Gasteiger charge is 2.23. The number of pyridine rings is 1. The van der Waals surface area contributed by atoms with Crippen molar-refractivity contribution in [3.05, 3.63) is 66.2 Å². The fourth-order valence-electron chi connectivity index (χ4n) is 3.52. The fourth-order valence-corrected chi connectivity index (χ4v) is 3.52. The molecule has 1 saturated heterocycles. The minimum absolute atomic E-state index is 0.0253. The Labute approximate surface area is 168 Å².